The van der Waals surface area contributed by atoms with Gasteiger partial charge in [0.2, 0.25) is 0 Å². The van der Waals surface area contributed by atoms with Crippen LogP contribution in [0.5, 0.6) is 0 Å². The molecule has 0 atom stereocenters. The Labute approximate surface area is 112 Å². The molecule has 0 unspecified atom stereocenters. The van der Waals surface area contributed by atoms with Gasteiger partial charge in [0, 0.05) is 24.8 Å². The lowest BCUT2D eigenvalue weighted by Crippen LogP contribution is -2.05. The van der Waals surface area contributed by atoms with Gasteiger partial charge in [-0.2, -0.15) is 5.10 Å². The van der Waals surface area contributed by atoms with E-state index in [9.17, 15) is 0 Å². The van der Waals surface area contributed by atoms with Crippen molar-refractivity contribution in [3.63, 3.8) is 0 Å². The molecule has 2 heterocycles. The Kier molecular flexibility index (Phi) is 4.42. The van der Waals surface area contributed by atoms with Gasteiger partial charge in [-0.15, -0.1) is 11.6 Å². The smallest absolute Gasteiger partial charge is 0.152 e. The van der Waals surface area contributed by atoms with E-state index in [1.54, 1.807) is 6.20 Å². The van der Waals surface area contributed by atoms with Gasteiger partial charge in [0.25, 0.3) is 0 Å². The van der Waals surface area contributed by atoms with E-state index in [0.717, 1.165) is 36.4 Å². The van der Waals surface area contributed by atoms with Crippen LogP contribution >= 0.6 is 11.6 Å². The molecule has 2 aromatic rings. The monoisotopic (exact) mass is 266 g/mol. The summed E-state index contributed by atoms with van der Waals surface area (Å²) in [7, 11) is 0. The second-order valence-corrected chi connectivity index (χ2v) is 5.03. The largest absolute Gasteiger partial charge is 0.368 e. The van der Waals surface area contributed by atoms with Crippen molar-refractivity contribution in [2.45, 2.75) is 32.6 Å². The second-order valence-electron chi connectivity index (χ2n) is 4.65. The fraction of sp³-hybridized carbons (Fsp3) is 0.538. The molecule has 5 heteroatoms. The molecule has 2 aromatic heterocycles. The van der Waals surface area contributed by atoms with E-state index < -0.39 is 0 Å². The zero-order chi connectivity index (χ0) is 13.0. The predicted octanol–water partition coefficient (Wildman–Crippen LogP) is 3.28. The van der Waals surface area contributed by atoms with Crippen LogP contribution in [0.3, 0.4) is 0 Å². The minimum atomic E-state index is 0.425. The molecule has 0 aromatic carbocycles. The van der Waals surface area contributed by atoms with Crippen molar-refractivity contribution in [2.75, 3.05) is 17.7 Å². The molecule has 0 fully saturated rings. The summed E-state index contributed by atoms with van der Waals surface area (Å²) in [5.74, 6) is 2.03. The van der Waals surface area contributed by atoms with Crippen molar-refractivity contribution in [1.29, 1.82) is 0 Å². The summed E-state index contributed by atoms with van der Waals surface area (Å²) in [4.78, 5) is 4.37. The highest BCUT2D eigenvalue weighted by Gasteiger charge is 2.09. The molecule has 0 aliphatic heterocycles. The lowest BCUT2D eigenvalue weighted by Gasteiger charge is -2.05. The van der Waals surface area contributed by atoms with Gasteiger partial charge < -0.3 is 5.32 Å². The Balaban J connectivity index is 2.16. The number of rotatable bonds is 6. The van der Waals surface area contributed by atoms with E-state index in [-0.39, 0.29) is 0 Å². The second kappa shape index (κ2) is 6.05. The SMILES string of the molecule is CC(C)c1cc2c(NCCCCCl)nccn2n1. The maximum absolute atomic E-state index is 5.66. The fourth-order valence-corrected chi connectivity index (χ4v) is 1.97. The van der Waals surface area contributed by atoms with Crippen LogP contribution in [0, 0.1) is 0 Å². The van der Waals surface area contributed by atoms with Gasteiger partial charge in [0.05, 0.1) is 5.69 Å². The highest BCUT2D eigenvalue weighted by Crippen LogP contribution is 2.19. The maximum atomic E-state index is 5.66. The molecule has 0 bridgehead atoms. The molecule has 0 spiro atoms. The highest BCUT2D eigenvalue weighted by atomic mass is 35.5. The maximum Gasteiger partial charge on any atom is 0.152 e. The van der Waals surface area contributed by atoms with E-state index in [1.165, 1.54) is 0 Å². The van der Waals surface area contributed by atoms with Gasteiger partial charge in [-0.25, -0.2) is 9.50 Å². The van der Waals surface area contributed by atoms with Gasteiger partial charge in [-0.05, 0) is 24.8 Å². The molecule has 0 saturated carbocycles. The van der Waals surface area contributed by atoms with Crippen LogP contribution in [-0.2, 0) is 0 Å². The minimum Gasteiger partial charge on any atom is -0.368 e. The van der Waals surface area contributed by atoms with Crippen LogP contribution in [0.25, 0.3) is 5.52 Å². The van der Waals surface area contributed by atoms with Crippen molar-refractivity contribution in [2.24, 2.45) is 0 Å². The topological polar surface area (TPSA) is 42.2 Å². The van der Waals surface area contributed by atoms with Crippen LogP contribution in [0.15, 0.2) is 18.5 Å². The molecule has 0 aliphatic rings. The van der Waals surface area contributed by atoms with E-state index in [0.29, 0.717) is 11.8 Å². The number of hydrogen-bond donors (Lipinski definition) is 1. The number of aromatic nitrogens is 3. The van der Waals surface area contributed by atoms with Crippen molar-refractivity contribution in [3.8, 4) is 0 Å². The number of halogens is 1. The third-order valence-electron chi connectivity index (χ3n) is 2.85. The van der Waals surface area contributed by atoms with Crippen LogP contribution in [0.4, 0.5) is 5.82 Å². The van der Waals surface area contributed by atoms with Crippen LogP contribution in [0.2, 0.25) is 0 Å². The van der Waals surface area contributed by atoms with Gasteiger partial charge in [-0.3, -0.25) is 0 Å². The lowest BCUT2D eigenvalue weighted by atomic mass is 10.1. The van der Waals surface area contributed by atoms with E-state index >= 15 is 0 Å². The average Bonchev–Trinajstić information content (AvgIpc) is 2.79. The zero-order valence-electron chi connectivity index (χ0n) is 10.9. The number of anilines is 1. The molecule has 0 radical (unpaired) electrons. The lowest BCUT2D eigenvalue weighted by molar-refractivity contribution is 0.786. The normalized spacial score (nSPS) is 11.3. The summed E-state index contributed by atoms with van der Waals surface area (Å²) in [5, 5.41) is 7.88. The van der Waals surface area contributed by atoms with E-state index in [1.807, 2.05) is 10.7 Å². The molecule has 0 aliphatic carbocycles. The number of nitrogens with one attached hydrogen (secondary N) is 1. The van der Waals surface area contributed by atoms with Crippen molar-refractivity contribution in [1.82, 2.24) is 14.6 Å². The number of fused-ring (bicyclic) bond motifs is 1. The molecule has 0 amide bonds. The van der Waals surface area contributed by atoms with Crippen molar-refractivity contribution >= 4 is 22.9 Å². The van der Waals surface area contributed by atoms with Gasteiger partial charge in [0.15, 0.2) is 5.82 Å². The zero-order valence-corrected chi connectivity index (χ0v) is 11.6. The molecular formula is C13H19ClN4. The Morgan fingerprint density at radius 3 is 2.94 bits per heavy atom. The number of alkyl halides is 1. The standard InChI is InChI=1S/C13H19ClN4/c1-10(2)11-9-12-13(15-6-4-3-5-14)16-7-8-18(12)17-11/h7-10H,3-6H2,1-2H3,(H,15,16). The summed E-state index contributed by atoms with van der Waals surface area (Å²) in [6, 6.07) is 2.10. The van der Waals surface area contributed by atoms with E-state index in [2.05, 4.69) is 35.3 Å². The fourth-order valence-electron chi connectivity index (χ4n) is 1.79. The average molecular weight is 267 g/mol. The first kappa shape index (κ1) is 13.1. The molecule has 0 saturated heterocycles. The van der Waals surface area contributed by atoms with Crippen molar-refractivity contribution < 1.29 is 0 Å². The van der Waals surface area contributed by atoms with Crippen molar-refractivity contribution in [3.05, 3.63) is 24.2 Å². The van der Waals surface area contributed by atoms with Crippen LogP contribution in [0.1, 0.15) is 38.3 Å². The summed E-state index contributed by atoms with van der Waals surface area (Å²) in [6.45, 7) is 5.17. The number of nitrogens with zero attached hydrogens (tertiary/aromatic N) is 3. The quantitative estimate of drug-likeness (QED) is 0.644. The minimum absolute atomic E-state index is 0.425. The summed E-state index contributed by atoms with van der Waals surface area (Å²) in [6.07, 6.45) is 5.73. The summed E-state index contributed by atoms with van der Waals surface area (Å²) >= 11 is 5.66. The molecule has 1 N–H and O–H groups in total. The Morgan fingerprint density at radius 1 is 1.39 bits per heavy atom. The van der Waals surface area contributed by atoms with Gasteiger partial charge in [0.1, 0.15) is 5.52 Å². The molecular weight excluding hydrogens is 248 g/mol. The van der Waals surface area contributed by atoms with E-state index in [4.69, 9.17) is 11.6 Å². The Bertz CT molecular complexity index is 507. The van der Waals surface area contributed by atoms with Crippen LogP contribution < -0.4 is 5.32 Å². The molecule has 4 nitrogen and oxygen atoms in total. The summed E-state index contributed by atoms with van der Waals surface area (Å²) in [5.41, 5.74) is 2.12. The predicted molar refractivity (Wildman–Crippen MR) is 75.5 cm³/mol. The highest BCUT2D eigenvalue weighted by molar-refractivity contribution is 6.17. The Morgan fingerprint density at radius 2 is 2.22 bits per heavy atom. The number of hydrogen-bond acceptors (Lipinski definition) is 3. The Hall–Kier alpha value is -1.29. The molecule has 98 valence electrons. The van der Waals surface area contributed by atoms with Crippen LogP contribution in [-0.4, -0.2) is 27.0 Å². The number of unbranched alkanes of at least 4 members (excludes halogenated alkanes) is 1. The van der Waals surface area contributed by atoms with Gasteiger partial charge in [-0.1, -0.05) is 13.8 Å². The first-order chi connectivity index (χ1) is 8.72. The first-order valence-electron chi connectivity index (χ1n) is 6.36. The summed E-state index contributed by atoms with van der Waals surface area (Å²) < 4.78 is 1.88. The third kappa shape index (κ3) is 2.93. The molecule has 18 heavy (non-hydrogen) atoms. The molecule has 2 rings (SSSR count). The third-order valence-corrected chi connectivity index (χ3v) is 3.12. The van der Waals surface area contributed by atoms with Gasteiger partial charge >= 0.3 is 0 Å². The first-order valence-corrected chi connectivity index (χ1v) is 6.90.